The molecule has 0 saturated carbocycles. The minimum Gasteiger partial charge on any atom is -0.481 e. The summed E-state index contributed by atoms with van der Waals surface area (Å²) in [6.45, 7) is 2.64. The average Bonchev–Trinajstić information content (AvgIpc) is 2.86. The molecule has 0 aromatic heterocycles. The zero-order valence-electron chi connectivity index (χ0n) is 11.3. The Kier molecular flexibility index (Phi) is 5.01. The molecule has 20 heavy (non-hydrogen) atoms. The Morgan fingerprint density at radius 1 is 1.55 bits per heavy atom. The minimum atomic E-state index is -0.951. The van der Waals surface area contributed by atoms with Crippen molar-refractivity contribution in [1.82, 2.24) is 5.32 Å². The molecule has 1 heterocycles. The molecule has 6 heteroatoms. The van der Waals surface area contributed by atoms with Gasteiger partial charge in [0.25, 0.3) is 5.91 Å². The molecule has 2 N–H and O–H groups in total. The van der Waals surface area contributed by atoms with Crippen LogP contribution in [0, 0.1) is 0 Å². The van der Waals surface area contributed by atoms with Crippen LogP contribution in [0.5, 0.6) is 5.75 Å². The Morgan fingerprint density at radius 2 is 2.25 bits per heavy atom. The topological polar surface area (TPSA) is 67.8 Å². The third kappa shape index (κ3) is 4.19. The van der Waals surface area contributed by atoms with Gasteiger partial charge in [-0.05, 0) is 31.2 Å². The maximum absolute atomic E-state index is 11.9. The number of hydrogen-bond donors (Lipinski definition) is 2. The van der Waals surface area contributed by atoms with Gasteiger partial charge in [0.2, 0.25) is 0 Å². The summed E-state index contributed by atoms with van der Waals surface area (Å²) in [5.41, 5.74) is -0.951. The zero-order chi connectivity index (χ0) is 14.6. The Labute approximate surface area is 126 Å². The molecule has 2 rings (SSSR count). The van der Waals surface area contributed by atoms with E-state index in [1.54, 1.807) is 19.1 Å². The van der Waals surface area contributed by atoms with E-state index in [9.17, 15) is 9.90 Å². The van der Waals surface area contributed by atoms with Crippen molar-refractivity contribution in [1.29, 1.82) is 0 Å². The molecule has 0 aliphatic carbocycles. The third-order valence-electron chi connectivity index (χ3n) is 3.17. The molecule has 0 radical (unpaired) electrons. The molecule has 0 spiro atoms. The minimum absolute atomic E-state index is 0.180. The molecule has 1 amide bonds. The van der Waals surface area contributed by atoms with E-state index in [-0.39, 0.29) is 19.1 Å². The van der Waals surface area contributed by atoms with Gasteiger partial charge in [0.1, 0.15) is 11.4 Å². The van der Waals surface area contributed by atoms with E-state index in [2.05, 4.69) is 21.2 Å². The Balaban J connectivity index is 1.81. The third-order valence-corrected chi connectivity index (χ3v) is 3.70. The summed E-state index contributed by atoms with van der Waals surface area (Å²) in [7, 11) is 0. The number of aliphatic hydroxyl groups is 1. The number of benzene rings is 1. The van der Waals surface area contributed by atoms with Gasteiger partial charge in [-0.15, -0.1) is 0 Å². The lowest BCUT2D eigenvalue weighted by Crippen LogP contribution is -2.46. The summed E-state index contributed by atoms with van der Waals surface area (Å²) < 4.78 is 11.6. The van der Waals surface area contributed by atoms with Crippen molar-refractivity contribution in [2.24, 2.45) is 0 Å². The molecule has 2 unspecified atom stereocenters. The van der Waals surface area contributed by atoms with Crippen LogP contribution < -0.4 is 10.1 Å². The van der Waals surface area contributed by atoms with Crippen LogP contribution in [0.1, 0.15) is 13.3 Å². The molecule has 0 bridgehead atoms. The SMILES string of the molecule is CC(Oc1ccc(Br)cc1)C(=O)NCC1(O)CCOC1. The monoisotopic (exact) mass is 343 g/mol. The number of rotatable bonds is 5. The summed E-state index contributed by atoms with van der Waals surface area (Å²) in [6, 6.07) is 7.26. The summed E-state index contributed by atoms with van der Waals surface area (Å²) in [6.07, 6.45) is -0.0861. The van der Waals surface area contributed by atoms with Crippen LogP contribution in [0.25, 0.3) is 0 Å². The highest BCUT2D eigenvalue weighted by atomic mass is 79.9. The number of ether oxygens (including phenoxy) is 2. The first-order chi connectivity index (χ1) is 9.48. The molecule has 110 valence electrons. The quantitative estimate of drug-likeness (QED) is 0.849. The summed E-state index contributed by atoms with van der Waals surface area (Å²) >= 11 is 3.33. The lowest BCUT2D eigenvalue weighted by atomic mass is 10.0. The highest BCUT2D eigenvalue weighted by Gasteiger charge is 2.33. The second kappa shape index (κ2) is 6.56. The van der Waals surface area contributed by atoms with Gasteiger partial charge in [0, 0.05) is 24.0 Å². The van der Waals surface area contributed by atoms with Crippen LogP contribution in [0.3, 0.4) is 0 Å². The van der Waals surface area contributed by atoms with Crippen molar-refractivity contribution in [2.75, 3.05) is 19.8 Å². The predicted molar refractivity (Wildman–Crippen MR) is 77.6 cm³/mol. The molecule has 1 saturated heterocycles. The summed E-state index contributed by atoms with van der Waals surface area (Å²) in [5.74, 6) is 0.368. The number of hydrogen-bond acceptors (Lipinski definition) is 4. The number of amides is 1. The van der Waals surface area contributed by atoms with Crippen LogP contribution in [0.2, 0.25) is 0 Å². The van der Waals surface area contributed by atoms with Crippen molar-refractivity contribution in [3.05, 3.63) is 28.7 Å². The number of carbonyl (C=O) groups is 1. The lowest BCUT2D eigenvalue weighted by Gasteiger charge is -2.22. The molecule has 1 aromatic rings. The molecule has 1 aliphatic rings. The van der Waals surface area contributed by atoms with E-state index in [1.807, 2.05) is 12.1 Å². The average molecular weight is 344 g/mol. The van der Waals surface area contributed by atoms with Gasteiger partial charge in [-0.25, -0.2) is 0 Å². The maximum atomic E-state index is 11.9. The van der Waals surface area contributed by atoms with Crippen molar-refractivity contribution in [2.45, 2.75) is 25.0 Å². The van der Waals surface area contributed by atoms with E-state index in [4.69, 9.17) is 9.47 Å². The van der Waals surface area contributed by atoms with E-state index in [1.165, 1.54) is 0 Å². The number of halogens is 1. The molecular formula is C14H18BrNO4. The van der Waals surface area contributed by atoms with Gasteiger partial charge >= 0.3 is 0 Å². The highest BCUT2D eigenvalue weighted by Crippen LogP contribution is 2.18. The second-order valence-corrected chi connectivity index (χ2v) is 5.87. The van der Waals surface area contributed by atoms with E-state index in [0.29, 0.717) is 18.8 Å². The van der Waals surface area contributed by atoms with Gasteiger partial charge in [0.15, 0.2) is 6.10 Å². The van der Waals surface area contributed by atoms with Crippen LogP contribution >= 0.6 is 15.9 Å². The van der Waals surface area contributed by atoms with Gasteiger partial charge in [0.05, 0.1) is 6.61 Å². The van der Waals surface area contributed by atoms with Crippen LogP contribution in [0.4, 0.5) is 0 Å². The fourth-order valence-electron chi connectivity index (χ4n) is 1.90. The largest absolute Gasteiger partial charge is 0.481 e. The van der Waals surface area contributed by atoms with Crippen LogP contribution in [-0.4, -0.2) is 42.5 Å². The standard InChI is InChI=1S/C14H18BrNO4/c1-10(20-12-4-2-11(15)3-5-12)13(17)16-8-14(18)6-7-19-9-14/h2-5,10,18H,6-9H2,1H3,(H,16,17). The smallest absolute Gasteiger partial charge is 0.260 e. The molecule has 1 fully saturated rings. The number of carbonyl (C=O) groups excluding carboxylic acids is 1. The van der Waals surface area contributed by atoms with Gasteiger partial charge < -0.3 is 19.9 Å². The first-order valence-electron chi connectivity index (χ1n) is 6.49. The van der Waals surface area contributed by atoms with Crippen molar-refractivity contribution in [3.63, 3.8) is 0 Å². The van der Waals surface area contributed by atoms with Gasteiger partial charge in [-0.1, -0.05) is 15.9 Å². The Hall–Kier alpha value is -1.11. The highest BCUT2D eigenvalue weighted by molar-refractivity contribution is 9.10. The van der Waals surface area contributed by atoms with E-state index in [0.717, 1.165) is 4.47 Å². The molecule has 2 atom stereocenters. The second-order valence-electron chi connectivity index (χ2n) is 4.96. The first-order valence-corrected chi connectivity index (χ1v) is 7.28. The normalized spacial score (nSPS) is 23.4. The maximum Gasteiger partial charge on any atom is 0.260 e. The molecular weight excluding hydrogens is 326 g/mol. The zero-order valence-corrected chi connectivity index (χ0v) is 12.9. The first kappa shape index (κ1) is 15.3. The van der Waals surface area contributed by atoms with Crippen LogP contribution in [-0.2, 0) is 9.53 Å². The Bertz CT molecular complexity index is 457. The fourth-order valence-corrected chi connectivity index (χ4v) is 2.17. The lowest BCUT2D eigenvalue weighted by molar-refractivity contribution is -0.128. The molecule has 5 nitrogen and oxygen atoms in total. The summed E-state index contributed by atoms with van der Waals surface area (Å²) in [4.78, 5) is 11.9. The number of nitrogens with one attached hydrogen (secondary N) is 1. The predicted octanol–water partition coefficient (Wildman–Crippen LogP) is 1.48. The van der Waals surface area contributed by atoms with Gasteiger partial charge in [-0.2, -0.15) is 0 Å². The van der Waals surface area contributed by atoms with E-state index < -0.39 is 11.7 Å². The Morgan fingerprint density at radius 3 is 2.85 bits per heavy atom. The molecule has 1 aromatic carbocycles. The van der Waals surface area contributed by atoms with Crippen LogP contribution in [0.15, 0.2) is 28.7 Å². The van der Waals surface area contributed by atoms with Crippen molar-refractivity contribution >= 4 is 21.8 Å². The summed E-state index contributed by atoms with van der Waals surface area (Å²) in [5, 5.41) is 12.7. The van der Waals surface area contributed by atoms with Crippen molar-refractivity contribution < 1.29 is 19.4 Å². The van der Waals surface area contributed by atoms with Gasteiger partial charge in [-0.3, -0.25) is 4.79 Å². The van der Waals surface area contributed by atoms with E-state index >= 15 is 0 Å². The fraction of sp³-hybridized carbons (Fsp3) is 0.500. The van der Waals surface area contributed by atoms with Crippen molar-refractivity contribution in [3.8, 4) is 5.75 Å². The molecule has 1 aliphatic heterocycles.